The number of allylic oxidation sites excluding steroid dienone is 3. The molecule has 0 saturated carbocycles. The first kappa shape index (κ1) is 11.4. The van der Waals surface area contributed by atoms with Gasteiger partial charge in [0.1, 0.15) is 0 Å². The van der Waals surface area contributed by atoms with Crippen molar-refractivity contribution in [2.24, 2.45) is 5.41 Å². The predicted molar refractivity (Wildman–Crippen MR) is 54.1 cm³/mol. The van der Waals surface area contributed by atoms with Crippen molar-refractivity contribution in [3.05, 3.63) is 23.3 Å². The van der Waals surface area contributed by atoms with Crippen molar-refractivity contribution in [2.45, 2.75) is 34.6 Å². The minimum absolute atomic E-state index is 0.101. The monoisotopic (exact) mass is 168 g/mol. The SMILES string of the molecule is CC(C)=C/C(C)=C/C(C)(C)CO. The minimum Gasteiger partial charge on any atom is -0.395 e. The summed E-state index contributed by atoms with van der Waals surface area (Å²) in [6.45, 7) is 10.4. The lowest BCUT2D eigenvalue weighted by Gasteiger charge is -2.16. The maximum atomic E-state index is 9.01. The van der Waals surface area contributed by atoms with Gasteiger partial charge in [-0.3, -0.25) is 0 Å². The van der Waals surface area contributed by atoms with Gasteiger partial charge in [0.05, 0.1) is 6.61 Å². The van der Waals surface area contributed by atoms with Gasteiger partial charge in [-0.25, -0.2) is 0 Å². The van der Waals surface area contributed by atoms with E-state index in [4.69, 9.17) is 5.11 Å². The van der Waals surface area contributed by atoms with Gasteiger partial charge in [0.15, 0.2) is 0 Å². The highest BCUT2D eigenvalue weighted by atomic mass is 16.3. The molecule has 0 unspecified atom stereocenters. The Morgan fingerprint density at radius 1 is 1.25 bits per heavy atom. The molecule has 0 rings (SSSR count). The summed E-state index contributed by atoms with van der Waals surface area (Å²) < 4.78 is 0. The summed E-state index contributed by atoms with van der Waals surface area (Å²) >= 11 is 0. The van der Waals surface area contributed by atoms with Crippen molar-refractivity contribution >= 4 is 0 Å². The molecule has 0 aromatic carbocycles. The molecule has 0 aliphatic rings. The molecule has 0 aromatic rings. The third kappa shape index (κ3) is 5.14. The highest BCUT2D eigenvalue weighted by Crippen LogP contribution is 2.18. The Kier molecular flexibility index (Phi) is 4.25. The summed E-state index contributed by atoms with van der Waals surface area (Å²) in [6, 6.07) is 0. The molecule has 1 heteroatoms. The van der Waals surface area contributed by atoms with E-state index in [1.165, 1.54) is 11.1 Å². The quantitative estimate of drug-likeness (QED) is 0.642. The summed E-state index contributed by atoms with van der Waals surface area (Å²) in [5.41, 5.74) is 2.40. The Morgan fingerprint density at radius 3 is 2.08 bits per heavy atom. The first-order chi connectivity index (χ1) is 5.37. The number of aliphatic hydroxyl groups excluding tert-OH is 1. The Balaban J connectivity index is 4.46. The van der Waals surface area contributed by atoms with Gasteiger partial charge in [-0.05, 0) is 20.8 Å². The fourth-order valence-electron chi connectivity index (χ4n) is 1.16. The molecule has 0 aliphatic heterocycles. The summed E-state index contributed by atoms with van der Waals surface area (Å²) in [5, 5.41) is 9.01. The van der Waals surface area contributed by atoms with Crippen LogP contribution in [0.2, 0.25) is 0 Å². The number of hydrogen-bond donors (Lipinski definition) is 1. The minimum atomic E-state index is -0.101. The van der Waals surface area contributed by atoms with Crippen molar-refractivity contribution in [3.8, 4) is 0 Å². The molecule has 0 atom stereocenters. The summed E-state index contributed by atoms with van der Waals surface area (Å²) in [7, 11) is 0. The van der Waals surface area contributed by atoms with Crippen LogP contribution in [-0.4, -0.2) is 11.7 Å². The van der Waals surface area contributed by atoms with Crippen LogP contribution < -0.4 is 0 Å². The van der Waals surface area contributed by atoms with E-state index >= 15 is 0 Å². The van der Waals surface area contributed by atoms with Crippen molar-refractivity contribution in [1.82, 2.24) is 0 Å². The van der Waals surface area contributed by atoms with E-state index in [0.29, 0.717) is 0 Å². The number of rotatable bonds is 3. The fourth-order valence-corrected chi connectivity index (χ4v) is 1.16. The van der Waals surface area contributed by atoms with Gasteiger partial charge in [-0.1, -0.05) is 37.1 Å². The molecule has 0 fully saturated rings. The first-order valence-electron chi connectivity index (χ1n) is 4.32. The van der Waals surface area contributed by atoms with Gasteiger partial charge in [0.2, 0.25) is 0 Å². The zero-order chi connectivity index (χ0) is 9.78. The standard InChI is InChI=1S/C11H20O/c1-9(2)6-10(3)7-11(4,5)8-12/h6-7,12H,8H2,1-5H3/b10-7+. The van der Waals surface area contributed by atoms with Crippen LogP contribution in [0.5, 0.6) is 0 Å². The third-order valence-electron chi connectivity index (χ3n) is 1.54. The lowest BCUT2D eigenvalue weighted by molar-refractivity contribution is 0.199. The van der Waals surface area contributed by atoms with E-state index in [-0.39, 0.29) is 12.0 Å². The normalized spacial score (nSPS) is 13.0. The van der Waals surface area contributed by atoms with Crippen LogP contribution in [0.3, 0.4) is 0 Å². The van der Waals surface area contributed by atoms with Crippen LogP contribution in [0, 0.1) is 5.41 Å². The molecule has 0 aromatic heterocycles. The highest BCUT2D eigenvalue weighted by Gasteiger charge is 2.11. The zero-order valence-electron chi connectivity index (χ0n) is 8.81. The van der Waals surface area contributed by atoms with Crippen LogP contribution in [-0.2, 0) is 0 Å². The van der Waals surface area contributed by atoms with E-state index in [2.05, 4.69) is 32.9 Å². The molecule has 0 amide bonds. The Morgan fingerprint density at radius 2 is 1.75 bits per heavy atom. The van der Waals surface area contributed by atoms with Gasteiger partial charge < -0.3 is 5.11 Å². The Hall–Kier alpha value is -0.560. The molecule has 0 aliphatic carbocycles. The topological polar surface area (TPSA) is 20.2 Å². The van der Waals surface area contributed by atoms with Gasteiger partial charge >= 0.3 is 0 Å². The molecule has 1 nitrogen and oxygen atoms in total. The van der Waals surface area contributed by atoms with Crippen LogP contribution in [0.1, 0.15) is 34.6 Å². The van der Waals surface area contributed by atoms with Crippen LogP contribution in [0.15, 0.2) is 23.3 Å². The molecular formula is C11H20O. The largest absolute Gasteiger partial charge is 0.395 e. The second-order valence-electron chi connectivity index (χ2n) is 4.26. The van der Waals surface area contributed by atoms with E-state index < -0.39 is 0 Å². The van der Waals surface area contributed by atoms with Gasteiger partial charge in [0, 0.05) is 5.41 Å². The fraction of sp³-hybridized carbons (Fsp3) is 0.636. The number of hydrogen-bond acceptors (Lipinski definition) is 1. The maximum Gasteiger partial charge on any atom is 0.0516 e. The molecular weight excluding hydrogens is 148 g/mol. The molecule has 1 N–H and O–H groups in total. The third-order valence-corrected chi connectivity index (χ3v) is 1.54. The van der Waals surface area contributed by atoms with Crippen LogP contribution >= 0.6 is 0 Å². The van der Waals surface area contributed by atoms with Gasteiger partial charge in [-0.15, -0.1) is 0 Å². The van der Waals surface area contributed by atoms with Crippen molar-refractivity contribution in [3.63, 3.8) is 0 Å². The van der Waals surface area contributed by atoms with Crippen molar-refractivity contribution in [1.29, 1.82) is 0 Å². The molecule has 12 heavy (non-hydrogen) atoms. The molecule has 0 radical (unpaired) electrons. The van der Waals surface area contributed by atoms with E-state index in [1.54, 1.807) is 0 Å². The van der Waals surface area contributed by atoms with E-state index in [1.807, 2.05) is 13.8 Å². The average molecular weight is 168 g/mol. The smallest absolute Gasteiger partial charge is 0.0516 e. The summed E-state index contributed by atoms with van der Waals surface area (Å²) in [5.74, 6) is 0. The van der Waals surface area contributed by atoms with Crippen molar-refractivity contribution < 1.29 is 5.11 Å². The molecule has 70 valence electrons. The molecule has 0 spiro atoms. The summed E-state index contributed by atoms with van der Waals surface area (Å²) in [4.78, 5) is 0. The number of aliphatic hydroxyl groups is 1. The lowest BCUT2D eigenvalue weighted by Crippen LogP contribution is -2.13. The average Bonchev–Trinajstić information content (AvgIpc) is 1.84. The Bertz CT molecular complexity index is 193. The van der Waals surface area contributed by atoms with Gasteiger partial charge in [0.25, 0.3) is 0 Å². The Labute approximate surface area is 75.8 Å². The second-order valence-corrected chi connectivity index (χ2v) is 4.26. The maximum absolute atomic E-state index is 9.01. The van der Waals surface area contributed by atoms with E-state index in [0.717, 1.165) is 0 Å². The first-order valence-corrected chi connectivity index (χ1v) is 4.32. The molecule has 0 saturated heterocycles. The summed E-state index contributed by atoms with van der Waals surface area (Å²) in [6.07, 6.45) is 4.22. The van der Waals surface area contributed by atoms with Crippen LogP contribution in [0.4, 0.5) is 0 Å². The van der Waals surface area contributed by atoms with Crippen molar-refractivity contribution in [2.75, 3.05) is 6.61 Å². The highest BCUT2D eigenvalue weighted by molar-refractivity contribution is 5.21. The zero-order valence-corrected chi connectivity index (χ0v) is 8.81. The van der Waals surface area contributed by atoms with E-state index in [9.17, 15) is 0 Å². The second kappa shape index (κ2) is 4.46. The molecule has 0 heterocycles. The van der Waals surface area contributed by atoms with Crippen LogP contribution in [0.25, 0.3) is 0 Å². The van der Waals surface area contributed by atoms with Gasteiger partial charge in [-0.2, -0.15) is 0 Å². The lowest BCUT2D eigenvalue weighted by atomic mass is 9.92. The molecule has 0 bridgehead atoms. The predicted octanol–water partition coefficient (Wildman–Crippen LogP) is 2.92.